The molecule has 18 heavy (non-hydrogen) atoms. The number of thiocarbonyl (C=S) groups is 1. The molecule has 2 rings (SSSR count). The average molecular weight is 267 g/mol. The molecule has 1 aliphatic carbocycles. The summed E-state index contributed by atoms with van der Waals surface area (Å²) in [6.07, 6.45) is 4.66. The van der Waals surface area contributed by atoms with Crippen molar-refractivity contribution in [1.82, 2.24) is 0 Å². The van der Waals surface area contributed by atoms with Crippen molar-refractivity contribution in [3.8, 4) is 5.75 Å². The Labute approximate surface area is 112 Å². The van der Waals surface area contributed by atoms with Gasteiger partial charge in [-0.05, 0) is 43.4 Å². The Morgan fingerprint density at radius 1 is 1.39 bits per heavy atom. The molecule has 0 radical (unpaired) electrons. The van der Waals surface area contributed by atoms with Crippen LogP contribution in [0, 0.1) is 11.7 Å². The Bertz CT molecular complexity index is 449. The van der Waals surface area contributed by atoms with Crippen LogP contribution in [0.4, 0.5) is 4.39 Å². The van der Waals surface area contributed by atoms with Gasteiger partial charge >= 0.3 is 0 Å². The highest BCUT2D eigenvalue weighted by Gasteiger charge is 2.23. The standard InChI is InChI=1S/C14H18FNOS/c1-9-4-2-3-5-12(9)17-13-7-6-10(14(16)18)8-11(13)15/h6-9,12H,2-5H2,1H3,(H2,16,18). The Kier molecular flexibility index (Phi) is 4.17. The van der Waals surface area contributed by atoms with Crippen molar-refractivity contribution >= 4 is 17.2 Å². The molecule has 2 nitrogen and oxygen atoms in total. The largest absolute Gasteiger partial charge is 0.487 e. The van der Waals surface area contributed by atoms with Crippen LogP contribution >= 0.6 is 12.2 Å². The minimum Gasteiger partial charge on any atom is -0.487 e. The number of hydrogen-bond acceptors (Lipinski definition) is 2. The fraction of sp³-hybridized carbons (Fsp3) is 0.500. The zero-order valence-corrected chi connectivity index (χ0v) is 11.3. The van der Waals surface area contributed by atoms with Gasteiger partial charge in [0.2, 0.25) is 0 Å². The molecule has 0 amide bonds. The topological polar surface area (TPSA) is 35.2 Å². The minimum absolute atomic E-state index is 0.115. The highest BCUT2D eigenvalue weighted by molar-refractivity contribution is 7.80. The molecule has 98 valence electrons. The van der Waals surface area contributed by atoms with Gasteiger partial charge in [0.05, 0.1) is 0 Å². The van der Waals surface area contributed by atoms with E-state index in [9.17, 15) is 4.39 Å². The van der Waals surface area contributed by atoms with E-state index in [-0.39, 0.29) is 11.1 Å². The van der Waals surface area contributed by atoms with Gasteiger partial charge in [-0.25, -0.2) is 4.39 Å². The van der Waals surface area contributed by atoms with Crippen molar-refractivity contribution in [2.24, 2.45) is 11.7 Å². The third kappa shape index (κ3) is 2.99. The molecule has 0 bridgehead atoms. The van der Waals surface area contributed by atoms with Crippen LogP contribution in [0.3, 0.4) is 0 Å². The molecule has 0 heterocycles. The predicted octanol–water partition coefficient (Wildman–Crippen LogP) is 3.42. The van der Waals surface area contributed by atoms with E-state index in [0.717, 1.165) is 19.3 Å². The third-order valence-corrected chi connectivity index (χ3v) is 3.76. The fourth-order valence-corrected chi connectivity index (χ4v) is 2.50. The summed E-state index contributed by atoms with van der Waals surface area (Å²) in [4.78, 5) is 0.200. The second-order valence-corrected chi connectivity index (χ2v) is 5.37. The van der Waals surface area contributed by atoms with Crippen LogP contribution in [0.25, 0.3) is 0 Å². The normalized spacial score (nSPS) is 23.7. The van der Waals surface area contributed by atoms with E-state index in [0.29, 0.717) is 17.2 Å². The molecular weight excluding hydrogens is 249 g/mol. The maximum absolute atomic E-state index is 13.9. The first-order valence-electron chi connectivity index (χ1n) is 6.34. The molecule has 2 atom stereocenters. The van der Waals surface area contributed by atoms with E-state index in [2.05, 4.69) is 6.92 Å². The Hall–Kier alpha value is -1.16. The first-order chi connectivity index (χ1) is 8.58. The molecule has 4 heteroatoms. The first-order valence-corrected chi connectivity index (χ1v) is 6.75. The van der Waals surface area contributed by atoms with Gasteiger partial charge < -0.3 is 10.5 Å². The van der Waals surface area contributed by atoms with E-state index in [1.165, 1.54) is 12.5 Å². The van der Waals surface area contributed by atoms with Crippen molar-refractivity contribution in [2.45, 2.75) is 38.7 Å². The van der Waals surface area contributed by atoms with E-state index in [1.807, 2.05) is 0 Å². The van der Waals surface area contributed by atoms with Crippen LogP contribution in [0.2, 0.25) is 0 Å². The summed E-state index contributed by atoms with van der Waals surface area (Å²) in [5.41, 5.74) is 6.00. The van der Waals surface area contributed by atoms with Gasteiger partial charge in [0, 0.05) is 5.56 Å². The maximum atomic E-state index is 13.9. The Morgan fingerprint density at radius 2 is 2.11 bits per heavy atom. The fourth-order valence-electron chi connectivity index (χ4n) is 2.37. The van der Waals surface area contributed by atoms with Crippen molar-refractivity contribution in [3.05, 3.63) is 29.6 Å². The number of benzene rings is 1. The summed E-state index contributed by atoms with van der Waals surface area (Å²) in [6.45, 7) is 2.16. The molecule has 0 aliphatic heterocycles. The molecule has 1 aromatic rings. The Morgan fingerprint density at radius 3 is 2.72 bits per heavy atom. The number of hydrogen-bond donors (Lipinski definition) is 1. The highest BCUT2D eigenvalue weighted by Crippen LogP contribution is 2.29. The lowest BCUT2D eigenvalue weighted by atomic mass is 9.88. The van der Waals surface area contributed by atoms with Gasteiger partial charge in [-0.15, -0.1) is 0 Å². The lowest BCUT2D eigenvalue weighted by Gasteiger charge is -2.29. The van der Waals surface area contributed by atoms with Crippen LogP contribution in [-0.2, 0) is 0 Å². The summed E-state index contributed by atoms with van der Waals surface area (Å²) < 4.78 is 19.6. The van der Waals surface area contributed by atoms with Crippen LogP contribution in [0.1, 0.15) is 38.2 Å². The second-order valence-electron chi connectivity index (χ2n) is 4.93. The molecule has 1 aromatic carbocycles. The van der Waals surface area contributed by atoms with Gasteiger partial charge in [0.15, 0.2) is 11.6 Å². The minimum atomic E-state index is -0.391. The molecule has 2 N–H and O–H groups in total. The summed E-state index contributed by atoms with van der Waals surface area (Å²) in [5.74, 6) is 0.389. The van der Waals surface area contributed by atoms with E-state index in [4.69, 9.17) is 22.7 Å². The third-order valence-electron chi connectivity index (χ3n) is 3.53. The van der Waals surface area contributed by atoms with Crippen LogP contribution in [0.5, 0.6) is 5.75 Å². The maximum Gasteiger partial charge on any atom is 0.165 e. The van der Waals surface area contributed by atoms with E-state index in [1.54, 1.807) is 12.1 Å². The number of rotatable bonds is 3. The zero-order valence-electron chi connectivity index (χ0n) is 10.5. The van der Waals surface area contributed by atoms with Gasteiger partial charge in [-0.3, -0.25) is 0 Å². The molecule has 0 spiro atoms. The van der Waals surface area contributed by atoms with E-state index < -0.39 is 5.82 Å². The SMILES string of the molecule is CC1CCCCC1Oc1ccc(C(N)=S)cc1F. The highest BCUT2D eigenvalue weighted by atomic mass is 32.1. The van der Waals surface area contributed by atoms with Crippen molar-refractivity contribution < 1.29 is 9.13 Å². The summed E-state index contributed by atoms with van der Waals surface area (Å²) in [7, 11) is 0. The average Bonchev–Trinajstić information content (AvgIpc) is 2.34. The molecule has 2 unspecified atom stereocenters. The smallest absolute Gasteiger partial charge is 0.165 e. The monoisotopic (exact) mass is 267 g/mol. The molecule has 0 saturated heterocycles. The summed E-state index contributed by atoms with van der Waals surface area (Å²) in [5, 5.41) is 0. The van der Waals surface area contributed by atoms with Crippen LogP contribution < -0.4 is 10.5 Å². The zero-order chi connectivity index (χ0) is 13.1. The quantitative estimate of drug-likeness (QED) is 0.852. The molecular formula is C14H18FNOS. The summed E-state index contributed by atoms with van der Waals surface area (Å²) >= 11 is 4.82. The second kappa shape index (κ2) is 5.65. The van der Waals surface area contributed by atoms with Crippen molar-refractivity contribution in [2.75, 3.05) is 0 Å². The van der Waals surface area contributed by atoms with Crippen molar-refractivity contribution in [1.29, 1.82) is 0 Å². The van der Waals surface area contributed by atoms with Crippen molar-refractivity contribution in [3.63, 3.8) is 0 Å². The Balaban J connectivity index is 2.11. The lowest BCUT2D eigenvalue weighted by molar-refractivity contribution is 0.0980. The number of nitrogens with two attached hydrogens (primary N) is 1. The molecule has 1 aliphatic rings. The predicted molar refractivity (Wildman–Crippen MR) is 74.3 cm³/mol. The molecule has 1 fully saturated rings. The first kappa shape index (κ1) is 13.3. The molecule has 0 aromatic heterocycles. The van der Waals surface area contributed by atoms with Gasteiger partial charge in [0.25, 0.3) is 0 Å². The lowest BCUT2D eigenvalue weighted by Crippen LogP contribution is -2.28. The van der Waals surface area contributed by atoms with Gasteiger partial charge in [0.1, 0.15) is 11.1 Å². The summed E-state index contributed by atoms with van der Waals surface area (Å²) in [6, 6.07) is 4.66. The van der Waals surface area contributed by atoms with Gasteiger partial charge in [-0.2, -0.15) is 0 Å². The van der Waals surface area contributed by atoms with E-state index >= 15 is 0 Å². The van der Waals surface area contributed by atoms with Gasteiger partial charge in [-0.1, -0.05) is 25.6 Å². The number of halogens is 1. The molecule has 1 saturated carbocycles. The van der Waals surface area contributed by atoms with Crippen LogP contribution in [0.15, 0.2) is 18.2 Å². The van der Waals surface area contributed by atoms with Crippen LogP contribution in [-0.4, -0.2) is 11.1 Å². The number of ether oxygens (including phenoxy) is 1.